The van der Waals surface area contributed by atoms with Crippen LogP contribution in [0.15, 0.2) is 60.7 Å². The first-order valence-electron chi connectivity index (χ1n) is 19.8. The molecule has 0 aromatic heterocycles. The summed E-state index contributed by atoms with van der Waals surface area (Å²) in [4.78, 5) is 0. The van der Waals surface area contributed by atoms with E-state index in [0.717, 1.165) is 54.9 Å². The van der Waals surface area contributed by atoms with Gasteiger partial charge in [0.25, 0.3) is 0 Å². The zero-order valence-corrected chi connectivity index (χ0v) is 31.1. The number of ether oxygens (including phenoxy) is 2. The van der Waals surface area contributed by atoms with Gasteiger partial charge >= 0.3 is 0 Å². The number of hydrogen-bond acceptors (Lipinski definition) is 3. The molecule has 1 aromatic rings. The Hall–Kier alpha value is -2.26. The number of aliphatic hydroxyl groups is 1. The van der Waals surface area contributed by atoms with Gasteiger partial charge in [-0.25, -0.2) is 0 Å². The largest absolute Gasteiger partial charge is 0.493 e. The van der Waals surface area contributed by atoms with Crippen LogP contribution in [-0.4, -0.2) is 18.3 Å². The van der Waals surface area contributed by atoms with Crippen LogP contribution in [-0.2, 0) is 6.61 Å². The molecule has 3 nitrogen and oxygen atoms in total. The zero-order chi connectivity index (χ0) is 33.9. The summed E-state index contributed by atoms with van der Waals surface area (Å²) < 4.78 is 12.2. The molecule has 47 heavy (non-hydrogen) atoms. The molecule has 0 saturated heterocycles. The minimum Gasteiger partial charge on any atom is -0.493 e. The van der Waals surface area contributed by atoms with Crippen molar-refractivity contribution in [1.29, 1.82) is 0 Å². The van der Waals surface area contributed by atoms with Crippen LogP contribution in [0.2, 0.25) is 0 Å². The Labute approximate surface area is 292 Å². The van der Waals surface area contributed by atoms with Gasteiger partial charge in [0.15, 0.2) is 0 Å². The van der Waals surface area contributed by atoms with Gasteiger partial charge in [-0.2, -0.15) is 0 Å². The molecule has 0 fully saturated rings. The Bertz CT molecular complexity index is 942. The molecular formula is C44H74O3. The van der Waals surface area contributed by atoms with Crippen molar-refractivity contribution in [3.8, 4) is 11.5 Å². The maximum Gasteiger partial charge on any atom is 0.125 e. The molecule has 1 aromatic carbocycles. The molecule has 0 unspecified atom stereocenters. The van der Waals surface area contributed by atoms with E-state index in [-0.39, 0.29) is 6.61 Å². The summed E-state index contributed by atoms with van der Waals surface area (Å²) in [6.07, 6.45) is 48.5. The average molecular weight is 651 g/mol. The molecule has 0 heterocycles. The van der Waals surface area contributed by atoms with Gasteiger partial charge in [0.1, 0.15) is 11.5 Å². The molecule has 0 aliphatic heterocycles. The van der Waals surface area contributed by atoms with E-state index in [4.69, 9.17) is 9.47 Å². The highest BCUT2D eigenvalue weighted by molar-refractivity contribution is 5.45. The number of aliphatic hydroxyl groups excluding tert-OH is 1. The molecule has 0 aliphatic rings. The van der Waals surface area contributed by atoms with E-state index in [1.165, 1.54) is 128 Å². The van der Waals surface area contributed by atoms with Gasteiger partial charge in [0.2, 0.25) is 0 Å². The van der Waals surface area contributed by atoms with Crippen LogP contribution in [0, 0.1) is 6.92 Å². The number of hydrogen-bond donors (Lipinski definition) is 1. The highest BCUT2D eigenvalue weighted by Gasteiger charge is 2.09. The molecule has 0 aliphatic carbocycles. The molecule has 0 bridgehead atoms. The molecule has 1 rings (SSSR count). The molecule has 1 N–H and O–H groups in total. The molecule has 0 spiro atoms. The highest BCUT2D eigenvalue weighted by atomic mass is 16.5. The third kappa shape index (κ3) is 26.4. The Kier molecular flexibility index (Phi) is 30.6. The number of benzene rings is 1. The molecule has 268 valence electrons. The van der Waals surface area contributed by atoms with Gasteiger partial charge in [-0.1, -0.05) is 140 Å². The average Bonchev–Trinajstić information content (AvgIpc) is 3.08. The first kappa shape index (κ1) is 42.8. The maximum absolute atomic E-state index is 9.95. The fraction of sp³-hybridized carbons (Fsp3) is 0.682. The van der Waals surface area contributed by atoms with Gasteiger partial charge in [0.05, 0.1) is 19.8 Å². The van der Waals surface area contributed by atoms with Crippen molar-refractivity contribution in [2.45, 2.75) is 181 Å². The maximum atomic E-state index is 9.95. The molecule has 3 heteroatoms. The first-order valence-corrected chi connectivity index (χ1v) is 19.8. The smallest absolute Gasteiger partial charge is 0.125 e. The van der Waals surface area contributed by atoms with Crippen LogP contribution >= 0.6 is 0 Å². The van der Waals surface area contributed by atoms with Gasteiger partial charge in [-0.15, -0.1) is 0 Å². The summed E-state index contributed by atoms with van der Waals surface area (Å²) >= 11 is 0. The van der Waals surface area contributed by atoms with Crippen molar-refractivity contribution >= 4 is 0 Å². The summed E-state index contributed by atoms with van der Waals surface area (Å²) in [7, 11) is 0. The molecular weight excluding hydrogens is 576 g/mol. The molecule has 0 radical (unpaired) electrons. The minimum absolute atomic E-state index is 0.0272. The number of allylic oxidation sites excluding steroid dienone is 8. The Balaban J connectivity index is 2.06. The van der Waals surface area contributed by atoms with Gasteiger partial charge < -0.3 is 14.6 Å². The van der Waals surface area contributed by atoms with Gasteiger partial charge in [-0.3, -0.25) is 0 Å². The number of aryl methyl sites for hydroxylation is 1. The minimum atomic E-state index is -0.0272. The highest BCUT2D eigenvalue weighted by Crippen LogP contribution is 2.29. The van der Waals surface area contributed by atoms with Crippen LogP contribution in [0.3, 0.4) is 0 Å². The number of rotatable bonds is 33. The lowest BCUT2D eigenvalue weighted by Gasteiger charge is -2.15. The Morgan fingerprint density at radius 3 is 1.28 bits per heavy atom. The van der Waals surface area contributed by atoms with Crippen LogP contribution in [0.4, 0.5) is 0 Å². The summed E-state index contributed by atoms with van der Waals surface area (Å²) in [5.41, 5.74) is 1.90. The lowest BCUT2D eigenvalue weighted by molar-refractivity contribution is 0.256. The molecule has 0 saturated carbocycles. The number of unbranched alkanes of at least 4 members (excludes halogenated alkanes) is 18. The third-order valence-electron chi connectivity index (χ3n) is 8.73. The third-order valence-corrected chi connectivity index (χ3v) is 8.73. The lowest BCUT2D eigenvalue weighted by Crippen LogP contribution is -2.04. The Morgan fingerprint density at radius 2 is 0.851 bits per heavy atom. The quantitative estimate of drug-likeness (QED) is 0.0608. The van der Waals surface area contributed by atoms with E-state index in [9.17, 15) is 5.11 Å². The standard InChI is InChI=1S/C44H74O3/c1-4-6-8-10-12-14-16-18-20-22-24-26-28-30-32-34-36-46-43-39-42(40-45)44(38-41(43)3)47-37-35-33-31-29-27-25-23-21-19-17-15-13-11-9-7-5-2/h12-15,18-21,38-39,45H,4-11,16-17,22-37,40H2,1-3H3. The first-order chi connectivity index (χ1) is 23.2. The lowest BCUT2D eigenvalue weighted by atomic mass is 10.1. The van der Waals surface area contributed by atoms with Crippen LogP contribution in [0.5, 0.6) is 11.5 Å². The predicted octanol–water partition coefficient (Wildman–Crippen LogP) is 13.9. The normalized spacial score (nSPS) is 12.1. The van der Waals surface area contributed by atoms with Crippen molar-refractivity contribution in [1.82, 2.24) is 0 Å². The van der Waals surface area contributed by atoms with Crippen molar-refractivity contribution in [2.75, 3.05) is 13.2 Å². The second-order valence-electron chi connectivity index (χ2n) is 13.2. The SMILES string of the molecule is CCCCCC=CCC=CCCCCCCCCOc1cc(CO)c(OCCCCCCCCC=CCC=CCCCCC)cc1C. The fourth-order valence-corrected chi connectivity index (χ4v) is 5.66. The predicted molar refractivity (Wildman–Crippen MR) is 207 cm³/mol. The fourth-order valence-electron chi connectivity index (χ4n) is 5.66. The van der Waals surface area contributed by atoms with Gasteiger partial charge in [-0.05, 0) is 102 Å². The summed E-state index contributed by atoms with van der Waals surface area (Å²) in [5.74, 6) is 1.67. The summed E-state index contributed by atoms with van der Waals surface area (Å²) in [5, 5.41) is 9.95. The zero-order valence-electron chi connectivity index (χ0n) is 31.1. The van der Waals surface area contributed by atoms with E-state index < -0.39 is 0 Å². The van der Waals surface area contributed by atoms with Crippen LogP contribution in [0.25, 0.3) is 0 Å². The second-order valence-corrected chi connectivity index (χ2v) is 13.2. The molecule has 0 amide bonds. The topological polar surface area (TPSA) is 38.7 Å². The second kappa shape index (κ2) is 33.6. The van der Waals surface area contributed by atoms with E-state index in [1.807, 2.05) is 12.1 Å². The monoisotopic (exact) mass is 651 g/mol. The van der Waals surface area contributed by atoms with Crippen molar-refractivity contribution in [3.05, 3.63) is 71.9 Å². The van der Waals surface area contributed by atoms with Crippen molar-refractivity contribution < 1.29 is 14.6 Å². The Morgan fingerprint density at radius 1 is 0.468 bits per heavy atom. The summed E-state index contributed by atoms with van der Waals surface area (Å²) in [6.45, 7) is 7.99. The van der Waals surface area contributed by atoms with E-state index in [2.05, 4.69) is 69.4 Å². The van der Waals surface area contributed by atoms with Crippen LogP contribution < -0.4 is 9.47 Å². The van der Waals surface area contributed by atoms with E-state index in [0.29, 0.717) is 6.61 Å². The summed E-state index contributed by atoms with van der Waals surface area (Å²) in [6, 6.07) is 4.01. The molecule has 0 atom stereocenters. The van der Waals surface area contributed by atoms with Crippen molar-refractivity contribution in [2.24, 2.45) is 0 Å². The van der Waals surface area contributed by atoms with Crippen LogP contribution in [0.1, 0.15) is 179 Å². The van der Waals surface area contributed by atoms with E-state index >= 15 is 0 Å². The van der Waals surface area contributed by atoms with Gasteiger partial charge in [0, 0.05) is 5.56 Å². The van der Waals surface area contributed by atoms with E-state index in [1.54, 1.807) is 0 Å². The van der Waals surface area contributed by atoms with Crippen molar-refractivity contribution in [3.63, 3.8) is 0 Å².